The number of pyridine rings is 1. The van der Waals surface area contributed by atoms with Crippen LogP contribution >= 0.6 is 0 Å². The molecule has 2 bridgehead atoms. The molecule has 4 rings (SSSR count). The van der Waals surface area contributed by atoms with E-state index < -0.39 is 64.1 Å². The molecule has 43 heavy (non-hydrogen) atoms. The fourth-order valence-corrected chi connectivity index (χ4v) is 4.73. The molecule has 13 heteroatoms. The van der Waals surface area contributed by atoms with Crippen molar-refractivity contribution in [3.8, 4) is 5.75 Å². The summed E-state index contributed by atoms with van der Waals surface area (Å²) in [5.74, 6) is -6.00. The van der Waals surface area contributed by atoms with Crippen molar-refractivity contribution in [2.75, 3.05) is 18.3 Å². The van der Waals surface area contributed by atoms with Crippen LogP contribution in [0.5, 0.6) is 5.75 Å². The second-order valence-corrected chi connectivity index (χ2v) is 11.5. The number of fused-ring (bicyclic) bond motifs is 4. The zero-order valence-electron chi connectivity index (χ0n) is 24.9. The van der Waals surface area contributed by atoms with E-state index >= 15 is 0 Å². The third-order valence-electron chi connectivity index (χ3n) is 7.07. The van der Waals surface area contributed by atoms with Crippen molar-refractivity contribution in [1.29, 1.82) is 0 Å². The lowest BCUT2D eigenvalue weighted by Crippen LogP contribution is -2.58. The number of hydrogen-bond acceptors (Lipinski definition) is 7. The van der Waals surface area contributed by atoms with Crippen LogP contribution in [0.2, 0.25) is 0 Å². The van der Waals surface area contributed by atoms with Crippen molar-refractivity contribution in [1.82, 2.24) is 14.5 Å². The van der Waals surface area contributed by atoms with Crippen LogP contribution in [0.4, 0.5) is 18.0 Å². The molecule has 1 aromatic carbocycles. The Morgan fingerprint density at radius 2 is 1.67 bits per heavy atom. The normalized spacial score (nSPS) is 17.8. The topological polar surface area (TPSA) is 101 Å². The molecule has 0 fully saturated rings. The lowest BCUT2D eigenvalue weighted by atomic mass is 10.1. The maximum Gasteiger partial charge on any atom is 0.417 e. The quantitative estimate of drug-likeness (QED) is 0.333. The number of hydrogen-bond donors (Lipinski definition) is 0. The Morgan fingerprint density at radius 3 is 2.28 bits per heavy atom. The first-order chi connectivity index (χ1) is 20.1. The van der Waals surface area contributed by atoms with Gasteiger partial charge in [-0.25, -0.2) is 22.9 Å². The molecule has 2 aliphatic heterocycles. The van der Waals surface area contributed by atoms with Gasteiger partial charge in [-0.15, -0.1) is 0 Å². The summed E-state index contributed by atoms with van der Waals surface area (Å²) in [6.07, 6.45) is 4.81. The molecule has 2 aliphatic rings. The number of aromatic nitrogens is 1. The van der Waals surface area contributed by atoms with Gasteiger partial charge in [0.2, 0.25) is 5.43 Å². The van der Waals surface area contributed by atoms with E-state index in [0.29, 0.717) is 29.9 Å². The van der Waals surface area contributed by atoms with Gasteiger partial charge < -0.3 is 14.4 Å². The van der Waals surface area contributed by atoms with Gasteiger partial charge in [-0.3, -0.25) is 24.1 Å². The van der Waals surface area contributed by atoms with E-state index in [-0.39, 0.29) is 36.8 Å². The maximum absolute atomic E-state index is 14.7. The third-order valence-corrected chi connectivity index (χ3v) is 7.07. The van der Waals surface area contributed by atoms with E-state index in [1.165, 1.54) is 25.4 Å². The zero-order chi connectivity index (χ0) is 31.8. The molecule has 0 aliphatic carbocycles. The number of benzene rings is 1. The predicted molar refractivity (Wildman–Crippen MR) is 151 cm³/mol. The smallest absolute Gasteiger partial charge is 0.417 e. The number of carbonyl (C=O) groups excluding carboxylic acids is 3. The van der Waals surface area contributed by atoms with Gasteiger partial charge in [0, 0.05) is 29.9 Å². The Balaban J connectivity index is 1.90. The minimum absolute atomic E-state index is 0.0643. The van der Waals surface area contributed by atoms with E-state index in [4.69, 9.17) is 9.47 Å². The van der Waals surface area contributed by atoms with Gasteiger partial charge in [0.15, 0.2) is 11.4 Å². The van der Waals surface area contributed by atoms with Gasteiger partial charge >= 0.3 is 6.09 Å². The molecule has 2 atom stereocenters. The largest absolute Gasteiger partial charge is 0.487 e. The minimum atomic E-state index is -1.34. The van der Waals surface area contributed by atoms with Crippen molar-refractivity contribution in [2.45, 2.75) is 78.6 Å². The Kier molecular flexibility index (Phi) is 8.93. The van der Waals surface area contributed by atoms with Crippen LogP contribution in [0, 0.1) is 17.5 Å². The van der Waals surface area contributed by atoms with Crippen LogP contribution < -0.4 is 15.2 Å². The zero-order valence-corrected chi connectivity index (χ0v) is 24.9. The molecular weight excluding hydrogens is 569 g/mol. The number of carbonyl (C=O) groups is 3. The standard InChI is InChI=1S/C30H35F3N4O6/c1-7-8-11-42-26-24-28(40)35-16-37(18(3)10-9-17(35)2)36(24)15-21(25(26)38)27(39)34(29(41)43-30(4,5)6)14-20-22(32)12-19(31)13-23(20)33/h9-10,12-13,15,17-18H,7-8,11,14,16H2,1-6H3/t17-,18+/m0/s1. The van der Waals surface area contributed by atoms with Gasteiger partial charge in [0.05, 0.1) is 19.2 Å². The first-order valence-corrected chi connectivity index (χ1v) is 14.0. The summed E-state index contributed by atoms with van der Waals surface area (Å²) in [4.78, 5) is 56.8. The van der Waals surface area contributed by atoms with E-state index in [1.807, 2.05) is 32.9 Å². The predicted octanol–water partition coefficient (Wildman–Crippen LogP) is 4.72. The van der Waals surface area contributed by atoms with Gasteiger partial charge in [0.1, 0.15) is 35.3 Å². The number of ether oxygens (including phenoxy) is 2. The SMILES string of the molecule is CCCCOc1c2n(cc(C(=O)N(Cc3c(F)cc(F)cc3F)C(=O)OC(C)(C)C)c1=O)N1CN(C2=O)[C@@H](C)C=C[C@H]1C. The fourth-order valence-electron chi connectivity index (χ4n) is 4.73. The molecule has 0 spiro atoms. The van der Waals surface area contributed by atoms with Gasteiger partial charge in [-0.05, 0) is 41.0 Å². The van der Waals surface area contributed by atoms with E-state index in [1.54, 1.807) is 9.91 Å². The molecule has 0 radical (unpaired) electrons. The molecule has 0 N–H and O–H groups in total. The minimum Gasteiger partial charge on any atom is -0.487 e. The Hall–Kier alpha value is -4.29. The van der Waals surface area contributed by atoms with Crippen LogP contribution in [0.1, 0.15) is 80.8 Å². The number of rotatable bonds is 7. The van der Waals surface area contributed by atoms with Crippen molar-refractivity contribution in [3.63, 3.8) is 0 Å². The maximum atomic E-state index is 14.7. The van der Waals surface area contributed by atoms with Crippen LogP contribution in [0.15, 0.2) is 35.3 Å². The van der Waals surface area contributed by atoms with E-state index in [2.05, 4.69) is 0 Å². The molecule has 3 amide bonds. The second-order valence-electron chi connectivity index (χ2n) is 11.5. The molecule has 0 saturated carbocycles. The van der Waals surface area contributed by atoms with Crippen molar-refractivity contribution >= 4 is 17.9 Å². The molecular formula is C30H35F3N4O6. The molecule has 1 aromatic heterocycles. The Labute approximate surface area is 247 Å². The summed E-state index contributed by atoms with van der Waals surface area (Å²) in [5, 5.41) is 1.73. The lowest BCUT2D eigenvalue weighted by molar-refractivity contribution is 0.0222. The molecule has 3 heterocycles. The lowest BCUT2D eigenvalue weighted by Gasteiger charge is -2.42. The van der Waals surface area contributed by atoms with Crippen LogP contribution in [0.25, 0.3) is 0 Å². The first kappa shape index (κ1) is 31.6. The average molecular weight is 605 g/mol. The van der Waals surface area contributed by atoms with E-state index in [9.17, 15) is 32.3 Å². The van der Waals surface area contributed by atoms with Crippen molar-refractivity contribution in [2.24, 2.45) is 0 Å². The summed E-state index contributed by atoms with van der Waals surface area (Å²) in [7, 11) is 0. The first-order valence-electron chi connectivity index (χ1n) is 14.0. The highest BCUT2D eigenvalue weighted by molar-refractivity contribution is 6.04. The Morgan fingerprint density at radius 1 is 1.05 bits per heavy atom. The number of imide groups is 1. The molecule has 10 nitrogen and oxygen atoms in total. The summed E-state index contributed by atoms with van der Waals surface area (Å²) in [6.45, 7) is 9.34. The second kappa shape index (κ2) is 12.1. The van der Waals surface area contributed by atoms with Gasteiger partial charge in [-0.1, -0.05) is 25.5 Å². The summed E-state index contributed by atoms with van der Waals surface area (Å²) < 4.78 is 55.5. The summed E-state index contributed by atoms with van der Waals surface area (Å²) in [5.41, 5.74) is -3.59. The molecule has 0 saturated heterocycles. The highest BCUT2D eigenvalue weighted by Gasteiger charge is 2.40. The Bertz CT molecular complexity index is 1510. The molecule has 0 unspecified atom stereocenters. The highest BCUT2D eigenvalue weighted by atomic mass is 19.1. The number of halogens is 3. The average Bonchev–Trinajstić information content (AvgIpc) is 3.03. The van der Waals surface area contributed by atoms with Crippen LogP contribution in [-0.4, -0.2) is 63.3 Å². The van der Waals surface area contributed by atoms with Gasteiger partial charge in [-0.2, -0.15) is 0 Å². The van der Waals surface area contributed by atoms with Crippen molar-refractivity contribution < 1.29 is 37.0 Å². The number of unbranched alkanes of at least 4 members (excludes halogenated alkanes) is 1. The monoisotopic (exact) mass is 604 g/mol. The highest BCUT2D eigenvalue weighted by Crippen LogP contribution is 2.28. The number of amides is 3. The van der Waals surface area contributed by atoms with Gasteiger partial charge in [0.25, 0.3) is 11.8 Å². The van der Waals surface area contributed by atoms with Crippen LogP contribution in [-0.2, 0) is 11.3 Å². The molecule has 232 valence electrons. The summed E-state index contributed by atoms with van der Waals surface area (Å²) in [6, 6.07) is 0.237. The van der Waals surface area contributed by atoms with Crippen LogP contribution in [0.3, 0.4) is 0 Å². The molecule has 2 aromatic rings. The third kappa shape index (κ3) is 6.40. The number of nitrogens with zero attached hydrogens (tertiary/aromatic N) is 4. The van der Waals surface area contributed by atoms with E-state index in [0.717, 1.165) is 6.20 Å². The fraction of sp³-hybridized carbons (Fsp3) is 0.467. The summed E-state index contributed by atoms with van der Waals surface area (Å²) >= 11 is 0. The van der Waals surface area contributed by atoms with Crippen molar-refractivity contribution in [3.05, 3.63) is 75.0 Å².